The minimum Gasteiger partial charge on any atom is -0.444 e. The molecule has 0 bridgehead atoms. The third-order valence-electron chi connectivity index (χ3n) is 4.05. The Hall–Kier alpha value is -1.55. The summed E-state index contributed by atoms with van der Waals surface area (Å²) in [6, 6.07) is 9.21. The van der Waals surface area contributed by atoms with Crippen molar-refractivity contribution in [3.8, 4) is 0 Å². The van der Waals surface area contributed by atoms with E-state index in [0.717, 1.165) is 24.8 Å². The number of nitrogens with one attached hydrogen (secondary N) is 1. The zero-order chi connectivity index (χ0) is 16.2. The number of benzene rings is 1. The smallest absolute Gasteiger partial charge is 0.408 e. The van der Waals surface area contributed by atoms with Crippen LogP contribution in [-0.2, 0) is 4.74 Å². The van der Waals surface area contributed by atoms with E-state index in [0.29, 0.717) is 12.8 Å². The van der Waals surface area contributed by atoms with E-state index < -0.39 is 23.3 Å². The lowest BCUT2D eigenvalue weighted by Gasteiger charge is -2.40. The minimum absolute atomic E-state index is 0.441. The largest absolute Gasteiger partial charge is 0.444 e. The number of carbonyl (C=O) groups is 1. The van der Waals surface area contributed by atoms with Crippen molar-refractivity contribution in [1.29, 1.82) is 0 Å². The molecule has 1 aromatic rings. The number of ether oxygens (including phenoxy) is 1. The van der Waals surface area contributed by atoms with Gasteiger partial charge in [0, 0.05) is 0 Å². The molecule has 0 aromatic heterocycles. The lowest BCUT2D eigenvalue weighted by atomic mass is 9.77. The van der Waals surface area contributed by atoms with Gasteiger partial charge in [-0.3, -0.25) is 0 Å². The molecular weight excluding hydrogens is 278 g/mol. The van der Waals surface area contributed by atoms with Gasteiger partial charge >= 0.3 is 6.09 Å². The van der Waals surface area contributed by atoms with E-state index in [-0.39, 0.29) is 0 Å². The van der Waals surface area contributed by atoms with Gasteiger partial charge in [0.05, 0.1) is 11.6 Å². The zero-order valence-electron chi connectivity index (χ0n) is 13.8. The lowest BCUT2D eigenvalue weighted by molar-refractivity contribution is -0.0355. The number of carbonyl (C=O) groups excluding carboxylic acids is 1. The predicted molar refractivity (Wildman–Crippen MR) is 86.6 cm³/mol. The molecule has 0 heterocycles. The van der Waals surface area contributed by atoms with Crippen LogP contribution >= 0.6 is 0 Å². The molecule has 4 nitrogen and oxygen atoms in total. The van der Waals surface area contributed by atoms with E-state index in [1.54, 1.807) is 0 Å². The van der Waals surface area contributed by atoms with Crippen molar-refractivity contribution in [2.75, 3.05) is 0 Å². The Bertz CT molecular complexity index is 487. The lowest BCUT2D eigenvalue weighted by Crippen LogP contribution is -2.48. The van der Waals surface area contributed by atoms with Gasteiger partial charge in [0.25, 0.3) is 0 Å². The highest BCUT2D eigenvalue weighted by Gasteiger charge is 2.40. The molecule has 1 aliphatic rings. The second kappa shape index (κ2) is 6.69. The van der Waals surface area contributed by atoms with Crippen LogP contribution in [0.3, 0.4) is 0 Å². The summed E-state index contributed by atoms with van der Waals surface area (Å²) in [5.74, 6) is 0. The molecule has 2 N–H and O–H groups in total. The molecule has 0 aliphatic heterocycles. The Morgan fingerprint density at radius 3 is 2.32 bits per heavy atom. The number of amides is 1. The monoisotopic (exact) mass is 305 g/mol. The second-order valence-corrected chi connectivity index (χ2v) is 7.15. The van der Waals surface area contributed by atoms with Crippen LogP contribution in [0.1, 0.15) is 64.5 Å². The molecule has 1 saturated carbocycles. The van der Waals surface area contributed by atoms with Crippen LogP contribution in [-0.4, -0.2) is 22.4 Å². The first kappa shape index (κ1) is 16.8. The van der Waals surface area contributed by atoms with Gasteiger partial charge in [0.15, 0.2) is 0 Å². The van der Waals surface area contributed by atoms with Gasteiger partial charge < -0.3 is 15.2 Å². The minimum atomic E-state index is -0.906. The van der Waals surface area contributed by atoms with Crippen LogP contribution in [0.15, 0.2) is 30.3 Å². The van der Waals surface area contributed by atoms with Gasteiger partial charge in [-0.2, -0.15) is 0 Å². The topological polar surface area (TPSA) is 58.6 Å². The highest BCUT2D eigenvalue weighted by molar-refractivity contribution is 5.68. The van der Waals surface area contributed by atoms with Crippen molar-refractivity contribution in [3.05, 3.63) is 35.9 Å². The quantitative estimate of drug-likeness (QED) is 0.889. The second-order valence-electron chi connectivity index (χ2n) is 7.15. The SMILES string of the molecule is CC(C)(C)OC(=O)NC(c1ccccc1)C1(O)CCCCC1. The highest BCUT2D eigenvalue weighted by Crippen LogP contribution is 2.38. The Morgan fingerprint density at radius 2 is 1.77 bits per heavy atom. The summed E-state index contributed by atoms with van der Waals surface area (Å²) < 4.78 is 5.36. The van der Waals surface area contributed by atoms with Crippen LogP contribution in [0.4, 0.5) is 4.79 Å². The summed E-state index contributed by atoms with van der Waals surface area (Å²) in [5.41, 5.74) is -0.547. The summed E-state index contributed by atoms with van der Waals surface area (Å²) in [5, 5.41) is 14.0. The van der Waals surface area contributed by atoms with Crippen molar-refractivity contribution < 1.29 is 14.6 Å². The molecule has 2 rings (SSSR count). The van der Waals surface area contributed by atoms with Crippen molar-refractivity contribution in [2.45, 2.75) is 70.1 Å². The molecular formula is C18H27NO3. The molecule has 0 radical (unpaired) electrons. The third kappa shape index (κ3) is 4.47. The standard InChI is InChI=1S/C18H27NO3/c1-17(2,3)22-16(20)19-15(14-10-6-4-7-11-14)18(21)12-8-5-9-13-18/h4,6-7,10-11,15,21H,5,8-9,12-13H2,1-3H3,(H,19,20). The molecule has 1 aliphatic carbocycles. The molecule has 0 saturated heterocycles. The number of alkyl carbamates (subject to hydrolysis) is 1. The van der Waals surface area contributed by atoms with Crippen molar-refractivity contribution in [2.24, 2.45) is 0 Å². The fraction of sp³-hybridized carbons (Fsp3) is 0.611. The van der Waals surface area contributed by atoms with Crippen LogP contribution in [0, 0.1) is 0 Å². The van der Waals surface area contributed by atoms with E-state index >= 15 is 0 Å². The Balaban J connectivity index is 2.20. The first-order chi connectivity index (χ1) is 10.3. The van der Waals surface area contributed by atoms with Gasteiger partial charge in [-0.25, -0.2) is 4.79 Å². The zero-order valence-corrected chi connectivity index (χ0v) is 13.8. The maximum atomic E-state index is 12.2. The molecule has 1 fully saturated rings. The van der Waals surface area contributed by atoms with Crippen LogP contribution in [0.5, 0.6) is 0 Å². The predicted octanol–water partition coefficient (Wildman–Crippen LogP) is 3.95. The molecule has 0 spiro atoms. The average molecular weight is 305 g/mol. The fourth-order valence-electron chi connectivity index (χ4n) is 3.05. The Morgan fingerprint density at radius 1 is 1.18 bits per heavy atom. The molecule has 4 heteroatoms. The summed E-state index contributed by atoms with van der Waals surface area (Å²) in [4.78, 5) is 12.2. The van der Waals surface area contributed by atoms with E-state index in [4.69, 9.17) is 4.74 Å². The number of aliphatic hydroxyl groups is 1. The molecule has 1 aromatic carbocycles. The maximum Gasteiger partial charge on any atom is 0.408 e. The third-order valence-corrected chi connectivity index (χ3v) is 4.05. The van der Waals surface area contributed by atoms with Gasteiger partial charge in [0.2, 0.25) is 0 Å². The summed E-state index contributed by atoms with van der Waals surface area (Å²) in [7, 11) is 0. The number of rotatable bonds is 3. The highest BCUT2D eigenvalue weighted by atomic mass is 16.6. The van der Waals surface area contributed by atoms with Crippen molar-refractivity contribution in [3.63, 3.8) is 0 Å². The van der Waals surface area contributed by atoms with E-state index in [2.05, 4.69) is 5.32 Å². The Kier molecular flexibility index (Phi) is 5.12. The van der Waals surface area contributed by atoms with Gasteiger partial charge in [-0.1, -0.05) is 49.6 Å². The normalized spacial score (nSPS) is 19.3. The average Bonchev–Trinajstić information content (AvgIpc) is 2.44. The van der Waals surface area contributed by atoms with Crippen molar-refractivity contribution >= 4 is 6.09 Å². The Labute approximate surface area is 132 Å². The van der Waals surface area contributed by atoms with Gasteiger partial charge in [-0.05, 0) is 39.2 Å². The maximum absolute atomic E-state index is 12.2. The van der Waals surface area contributed by atoms with E-state index in [9.17, 15) is 9.90 Å². The van der Waals surface area contributed by atoms with E-state index in [1.165, 1.54) is 0 Å². The summed E-state index contributed by atoms with van der Waals surface area (Å²) >= 11 is 0. The molecule has 1 amide bonds. The summed E-state index contributed by atoms with van der Waals surface area (Å²) in [6.07, 6.45) is 4.01. The van der Waals surface area contributed by atoms with Gasteiger partial charge in [-0.15, -0.1) is 0 Å². The number of hydrogen-bond acceptors (Lipinski definition) is 3. The first-order valence-corrected chi connectivity index (χ1v) is 8.07. The van der Waals surface area contributed by atoms with Crippen molar-refractivity contribution in [1.82, 2.24) is 5.32 Å². The molecule has 122 valence electrons. The molecule has 1 atom stereocenters. The first-order valence-electron chi connectivity index (χ1n) is 8.07. The summed E-state index contributed by atoms with van der Waals surface area (Å²) in [6.45, 7) is 5.50. The van der Waals surface area contributed by atoms with Crippen LogP contribution in [0.25, 0.3) is 0 Å². The van der Waals surface area contributed by atoms with Crippen LogP contribution < -0.4 is 5.32 Å². The fourth-order valence-corrected chi connectivity index (χ4v) is 3.05. The van der Waals surface area contributed by atoms with Crippen LogP contribution in [0.2, 0.25) is 0 Å². The van der Waals surface area contributed by atoms with Gasteiger partial charge in [0.1, 0.15) is 5.60 Å². The molecule has 22 heavy (non-hydrogen) atoms. The van der Waals surface area contributed by atoms with E-state index in [1.807, 2.05) is 51.1 Å². The number of hydrogen-bond donors (Lipinski definition) is 2. The molecule has 1 unspecified atom stereocenters.